The maximum Gasteiger partial charge on any atom is 0.244 e. The molecule has 5 nitrogen and oxygen atoms in total. The third-order valence-corrected chi connectivity index (χ3v) is 4.74. The summed E-state index contributed by atoms with van der Waals surface area (Å²) in [5.74, 6) is 0.221. The first-order valence-corrected chi connectivity index (χ1v) is 7.80. The third kappa shape index (κ3) is 2.59. The summed E-state index contributed by atoms with van der Waals surface area (Å²) in [4.78, 5) is 17.2. The van der Waals surface area contributed by atoms with E-state index in [-0.39, 0.29) is 5.91 Å². The summed E-state index contributed by atoms with van der Waals surface area (Å²) in [7, 11) is 0. The normalized spacial score (nSPS) is 27.4. The molecule has 1 aromatic heterocycles. The summed E-state index contributed by atoms with van der Waals surface area (Å²) >= 11 is 0. The average Bonchev–Trinajstić information content (AvgIpc) is 3.18. The van der Waals surface area contributed by atoms with E-state index in [0.717, 1.165) is 25.9 Å². The fraction of sp³-hybridized carbons (Fsp3) is 0.733. The predicted molar refractivity (Wildman–Crippen MR) is 77.2 cm³/mol. The van der Waals surface area contributed by atoms with E-state index < -0.39 is 0 Å². The number of carbonyl (C=O) groups excluding carboxylic acids is 1. The van der Waals surface area contributed by atoms with Gasteiger partial charge in [0.25, 0.3) is 0 Å². The standard InChI is InChI=1S/C15H24N4O/c1-2-17-9-3-6-13(17)14-7-4-11-19(14)15(20)12-18-10-5-8-16-18/h5,8,10,13-14H,2-4,6-7,9,11-12H2,1H3/t13-,14-/m1/s1. The molecule has 0 unspecified atom stereocenters. The van der Waals surface area contributed by atoms with Crippen molar-refractivity contribution in [2.75, 3.05) is 19.6 Å². The van der Waals surface area contributed by atoms with Crippen LogP contribution in [0.4, 0.5) is 0 Å². The Hall–Kier alpha value is -1.36. The number of likely N-dealkylation sites (tertiary alicyclic amines) is 2. The van der Waals surface area contributed by atoms with Crippen LogP contribution in [0, 0.1) is 0 Å². The van der Waals surface area contributed by atoms with Gasteiger partial charge in [-0.3, -0.25) is 14.4 Å². The Bertz CT molecular complexity index is 445. The molecular formula is C15H24N4O. The second kappa shape index (κ2) is 5.95. The van der Waals surface area contributed by atoms with Crippen LogP contribution in [-0.4, -0.2) is 57.2 Å². The number of rotatable bonds is 4. The van der Waals surface area contributed by atoms with Crippen molar-refractivity contribution in [2.45, 2.75) is 51.2 Å². The van der Waals surface area contributed by atoms with Crippen molar-refractivity contribution in [3.05, 3.63) is 18.5 Å². The van der Waals surface area contributed by atoms with Crippen LogP contribution in [0.3, 0.4) is 0 Å². The number of hydrogen-bond acceptors (Lipinski definition) is 3. The van der Waals surface area contributed by atoms with Crippen molar-refractivity contribution >= 4 is 5.91 Å². The molecule has 1 amide bonds. The second-order valence-corrected chi connectivity index (χ2v) is 5.84. The molecule has 2 aliphatic heterocycles. The fourth-order valence-electron chi connectivity index (χ4n) is 3.81. The minimum atomic E-state index is 0.221. The maximum absolute atomic E-state index is 12.5. The Kier molecular flexibility index (Phi) is 4.05. The summed E-state index contributed by atoms with van der Waals surface area (Å²) in [6.07, 6.45) is 8.40. The number of amides is 1. The van der Waals surface area contributed by atoms with Crippen LogP contribution in [0.5, 0.6) is 0 Å². The molecule has 0 N–H and O–H groups in total. The molecule has 0 bridgehead atoms. The van der Waals surface area contributed by atoms with Crippen molar-refractivity contribution in [3.63, 3.8) is 0 Å². The van der Waals surface area contributed by atoms with Gasteiger partial charge in [0, 0.05) is 31.0 Å². The largest absolute Gasteiger partial charge is 0.337 e. The molecule has 2 saturated heterocycles. The zero-order valence-corrected chi connectivity index (χ0v) is 12.2. The monoisotopic (exact) mass is 276 g/mol. The lowest BCUT2D eigenvalue weighted by molar-refractivity contribution is -0.133. The molecule has 2 atom stereocenters. The number of aromatic nitrogens is 2. The number of likely N-dealkylation sites (N-methyl/N-ethyl adjacent to an activating group) is 1. The van der Waals surface area contributed by atoms with E-state index in [9.17, 15) is 4.79 Å². The average molecular weight is 276 g/mol. The van der Waals surface area contributed by atoms with Crippen LogP contribution in [0.15, 0.2) is 18.5 Å². The molecule has 2 fully saturated rings. The SMILES string of the molecule is CCN1CCC[C@@H]1[C@H]1CCCN1C(=O)Cn1cccn1. The van der Waals surface area contributed by atoms with Gasteiger partial charge >= 0.3 is 0 Å². The van der Waals surface area contributed by atoms with E-state index >= 15 is 0 Å². The highest BCUT2D eigenvalue weighted by Crippen LogP contribution is 2.29. The smallest absolute Gasteiger partial charge is 0.244 e. The van der Waals surface area contributed by atoms with Gasteiger partial charge in [0.15, 0.2) is 0 Å². The van der Waals surface area contributed by atoms with E-state index in [1.54, 1.807) is 10.9 Å². The van der Waals surface area contributed by atoms with Gasteiger partial charge in [0.2, 0.25) is 5.91 Å². The highest BCUT2D eigenvalue weighted by atomic mass is 16.2. The van der Waals surface area contributed by atoms with Crippen molar-refractivity contribution in [1.29, 1.82) is 0 Å². The Balaban J connectivity index is 1.67. The van der Waals surface area contributed by atoms with E-state index in [0.29, 0.717) is 18.6 Å². The number of hydrogen-bond donors (Lipinski definition) is 0. The van der Waals surface area contributed by atoms with Gasteiger partial charge in [-0.05, 0) is 44.8 Å². The van der Waals surface area contributed by atoms with Crippen molar-refractivity contribution in [2.24, 2.45) is 0 Å². The summed E-state index contributed by atoms with van der Waals surface area (Å²) in [5, 5.41) is 4.14. The van der Waals surface area contributed by atoms with E-state index in [1.165, 1.54) is 19.4 Å². The van der Waals surface area contributed by atoms with E-state index in [4.69, 9.17) is 0 Å². The van der Waals surface area contributed by atoms with Gasteiger partial charge in [0.05, 0.1) is 0 Å². The van der Waals surface area contributed by atoms with Crippen LogP contribution < -0.4 is 0 Å². The lowest BCUT2D eigenvalue weighted by Gasteiger charge is -2.34. The Morgan fingerprint density at radius 1 is 1.25 bits per heavy atom. The lowest BCUT2D eigenvalue weighted by atomic mass is 10.0. The number of carbonyl (C=O) groups is 1. The fourth-order valence-corrected chi connectivity index (χ4v) is 3.81. The van der Waals surface area contributed by atoms with E-state index in [2.05, 4.69) is 21.8 Å². The molecule has 3 heterocycles. The second-order valence-electron chi connectivity index (χ2n) is 5.84. The zero-order valence-electron chi connectivity index (χ0n) is 12.2. The molecular weight excluding hydrogens is 252 g/mol. The first-order valence-electron chi connectivity index (χ1n) is 7.80. The van der Waals surface area contributed by atoms with Gasteiger partial charge in [-0.2, -0.15) is 5.10 Å². The number of nitrogens with zero attached hydrogens (tertiary/aromatic N) is 4. The minimum absolute atomic E-state index is 0.221. The Labute approximate surface area is 120 Å². The Morgan fingerprint density at radius 2 is 2.05 bits per heavy atom. The minimum Gasteiger partial charge on any atom is -0.337 e. The van der Waals surface area contributed by atoms with Crippen molar-refractivity contribution in [1.82, 2.24) is 19.6 Å². The molecule has 0 aliphatic carbocycles. The lowest BCUT2D eigenvalue weighted by Crippen LogP contribution is -2.49. The molecule has 0 aromatic carbocycles. The molecule has 3 rings (SSSR count). The summed E-state index contributed by atoms with van der Waals surface area (Å²) in [6, 6.07) is 2.86. The topological polar surface area (TPSA) is 41.4 Å². The molecule has 2 aliphatic rings. The van der Waals surface area contributed by atoms with Crippen LogP contribution >= 0.6 is 0 Å². The van der Waals surface area contributed by atoms with Gasteiger partial charge in [-0.25, -0.2) is 0 Å². The third-order valence-electron chi connectivity index (χ3n) is 4.74. The summed E-state index contributed by atoms with van der Waals surface area (Å²) in [5.41, 5.74) is 0. The quantitative estimate of drug-likeness (QED) is 0.834. The molecule has 0 spiro atoms. The van der Waals surface area contributed by atoms with Crippen LogP contribution in [0.25, 0.3) is 0 Å². The molecule has 5 heteroatoms. The first-order chi connectivity index (χ1) is 9.79. The summed E-state index contributed by atoms with van der Waals surface area (Å²) < 4.78 is 1.73. The molecule has 110 valence electrons. The zero-order chi connectivity index (χ0) is 13.9. The highest BCUT2D eigenvalue weighted by molar-refractivity contribution is 5.76. The van der Waals surface area contributed by atoms with Gasteiger partial charge in [0.1, 0.15) is 6.54 Å². The first kappa shape index (κ1) is 13.6. The van der Waals surface area contributed by atoms with Gasteiger partial charge in [-0.1, -0.05) is 6.92 Å². The molecule has 0 radical (unpaired) electrons. The molecule has 0 saturated carbocycles. The molecule has 1 aromatic rings. The van der Waals surface area contributed by atoms with E-state index in [1.807, 2.05) is 12.3 Å². The van der Waals surface area contributed by atoms with Crippen LogP contribution in [0.1, 0.15) is 32.6 Å². The summed E-state index contributed by atoms with van der Waals surface area (Å²) in [6.45, 7) is 5.81. The van der Waals surface area contributed by atoms with Crippen molar-refractivity contribution in [3.8, 4) is 0 Å². The molecule has 20 heavy (non-hydrogen) atoms. The van der Waals surface area contributed by atoms with Gasteiger partial charge in [-0.15, -0.1) is 0 Å². The van der Waals surface area contributed by atoms with Gasteiger partial charge < -0.3 is 4.90 Å². The Morgan fingerprint density at radius 3 is 2.80 bits per heavy atom. The van der Waals surface area contributed by atoms with Crippen molar-refractivity contribution < 1.29 is 4.79 Å². The van der Waals surface area contributed by atoms with Crippen LogP contribution in [-0.2, 0) is 11.3 Å². The highest BCUT2D eigenvalue weighted by Gasteiger charge is 2.38. The van der Waals surface area contributed by atoms with Crippen LogP contribution in [0.2, 0.25) is 0 Å². The maximum atomic E-state index is 12.5. The predicted octanol–water partition coefficient (Wildman–Crippen LogP) is 1.36.